The highest BCUT2D eigenvalue weighted by atomic mass is 35.5. The predicted molar refractivity (Wildman–Crippen MR) is 192 cm³/mol. The molecular weight excluding hydrogens is 712 g/mol. The van der Waals surface area contributed by atoms with Gasteiger partial charge >= 0.3 is 11.9 Å². The number of halogens is 3. The Morgan fingerprint density at radius 1 is 0.942 bits per heavy atom. The number of hydrogen-bond acceptors (Lipinski definition) is 9. The second-order valence-corrected chi connectivity index (χ2v) is 13.7. The van der Waals surface area contributed by atoms with E-state index in [4.69, 9.17) is 42.1 Å². The van der Waals surface area contributed by atoms with Gasteiger partial charge in [-0.3, -0.25) is 15.0 Å². The van der Waals surface area contributed by atoms with Crippen molar-refractivity contribution in [3.63, 3.8) is 0 Å². The molecule has 0 amide bonds. The average Bonchev–Trinajstić information content (AvgIpc) is 3.14. The van der Waals surface area contributed by atoms with Crippen molar-refractivity contribution in [2.24, 2.45) is 5.92 Å². The van der Waals surface area contributed by atoms with Gasteiger partial charge in [0.2, 0.25) is 0 Å². The molecule has 3 N–H and O–H groups in total. The van der Waals surface area contributed by atoms with E-state index in [0.717, 1.165) is 31.5 Å². The molecule has 0 spiro atoms. The number of carbonyl (C=O) groups excluding carboxylic acids is 2. The van der Waals surface area contributed by atoms with Crippen LogP contribution in [0.5, 0.6) is 11.5 Å². The maximum absolute atomic E-state index is 15.0. The molecule has 3 aliphatic rings. The lowest BCUT2D eigenvalue weighted by Gasteiger charge is -2.44. The van der Waals surface area contributed by atoms with Gasteiger partial charge in [0.15, 0.2) is 23.9 Å². The van der Waals surface area contributed by atoms with Crippen LogP contribution in [-0.2, 0) is 38.4 Å². The Balaban J connectivity index is 0.00000523. The highest BCUT2D eigenvalue weighted by molar-refractivity contribution is 6.35. The molecule has 4 aromatic rings. The Morgan fingerprint density at radius 2 is 1.65 bits per heavy atom. The van der Waals surface area contributed by atoms with Gasteiger partial charge in [-0.15, -0.1) is 0 Å². The second kappa shape index (κ2) is 18.0. The van der Waals surface area contributed by atoms with Crippen molar-refractivity contribution in [3.8, 4) is 11.5 Å². The molecule has 3 aliphatic heterocycles. The first-order valence-corrected chi connectivity index (χ1v) is 17.7. The largest absolute Gasteiger partial charge is 0.870 e. The SMILES string of the molecule is COc1ccc([C@H](Cc2c(Cl)c[nH+]cc2Cl)OC(=O)Cc2cccc(CNC(C(=O)O[C@H]3CN4CCC3CC4)c3ccccc3F)c2)cc1OC.[OH-]. The summed E-state index contributed by atoms with van der Waals surface area (Å²) >= 11 is 13.0. The summed E-state index contributed by atoms with van der Waals surface area (Å²) in [6.45, 7) is 2.97. The number of ether oxygens (including phenoxy) is 4. The van der Waals surface area contributed by atoms with E-state index in [-0.39, 0.29) is 36.5 Å². The molecule has 10 nitrogen and oxygen atoms in total. The molecule has 0 saturated carbocycles. The van der Waals surface area contributed by atoms with Crippen LogP contribution in [0.15, 0.2) is 79.1 Å². The first kappa shape index (κ1) is 39.0. The van der Waals surface area contributed by atoms with Crippen molar-refractivity contribution in [3.05, 3.63) is 123 Å². The van der Waals surface area contributed by atoms with E-state index in [1.165, 1.54) is 13.2 Å². The number of nitrogens with zero attached hydrogens (tertiary/aromatic N) is 1. The number of H-pyrrole nitrogens is 1. The maximum atomic E-state index is 15.0. The number of rotatable bonds is 14. The summed E-state index contributed by atoms with van der Waals surface area (Å²) in [5.74, 6) is -0.125. The molecule has 2 bridgehead atoms. The molecule has 52 heavy (non-hydrogen) atoms. The number of fused-ring (bicyclic) bond motifs is 3. The van der Waals surface area contributed by atoms with Crippen LogP contribution in [0.2, 0.25) is 10.0 Å². The molecule has 1 aromatic heterocycles. The van der Waals surface area contributed by atoms with Crippen LogP contribution >= 0.6 is 23.2 Å². The topological polar surface area (TPSA) is 130 Å². The summed E-state index contributed by atoms with van der Waals surface area (Å²) in [6.07, 6.45) is 4.45. The molecule has 3 fully saturated rings. The number of benzene rings is 3. The van der Waals surface area contributed by atoms with Gasteiger partial charge < -0.3 is 24.4 Å². The number of carbonyl (C=O) groups is 2. The van der Waals surface area contributed by atoms with Crippen molar-refractivity contribution in [1.82, 2.24) is 10.2 Å². The molecule has 7 rings (SSSR count). The minimum Gasteiger partial charge on any atom is -0.870 e. The smallest absolute Gasteiger partial charge is 0.328 e. The van der Waals surface area contributed by atoms with Gasteiger partial charge in [0, 0.05) is 30.6 Å². The fraction of sp³-hybridized carbons (Fsp3) is 0.359. The van der Waals surface area contributed by atoms with E-state index in [1.807, 2.05) is 24.3 Å². The Bertz CT molecular complexity index is 1840. The Kier molecular flexibility index (Phi) is 13.5. The monoisotopic (exact) mass is 753 g/mol. The number of piperidine rings is 3. The van der Waals surface area contributed by atoms with E-state index in [1.54, 1.807) is 55.9 Å². The van der Waals surface area contributed by atoms with Crippen LogP contribution in [-0.4, -0.2) is 62.3 Å². The van der Waals surface area contributed by atoms with E-state index < -0.39 is 29.9 Å². The third kappa shape index (κ3) is 9.39. The quantitative estimate of drug-likeness (QED) is 0.147. The van der Waals surface area contributed by atoms with Gasteiger partial charge in [-0.05, 0) is 66.7 Å². The molecule has 0 radical (unpaired) electrons. The van der Waals surface area contributed by atoms with Gasteiger partial charge in [-0.1, -0.05) is 71.7 Å². The summed E-state index contributed by atoms with van der Waals surface area (Å²) in [6, 6.07) is 17.9. The van der Waals surface area contributed by atoms with E-state index in [2.05, 4.69) is 15.2 Å². The van der Waals surface area contributed by atoms with Gasteiger partial charge in [0.05, 0.1) is 20.6 Å². The van der Waals surface area contributed by atoms with Crippen molar-refractivity contribution in [1.29, 1.82) is 0 Å². The number of aromatic nitrogens is 1. The number of hydrogen-bond donors (Lipinski definition) is 1. The molecule has 276 valence electrons. The zero-order valence-corrected chi connectivity index (χ0v) is 30.5. The summed E-state index contributed by atoms with van der Waals surface area (Å²) in [7, 11) is 3.08. The number of methoxy groups -OCH3 is 2. The van der Waals surface area contributed by atoms with Crippen LogP contribution < -0.4 is 19.8 Å². The highest BCUT2D eigenvalue weighted by Crippen LogP contribution is 2.35. The number of aromatic amines is 1. The van der Waals surface area contributed by atoms with Gasteiger partial charge in [0.1, 0.15) is 34.1 Å². The van der Waals surface area contributed by atoms with E-state index in [0.29, 0.717) is 50.7 Å². The van der Waals surface area contributed by atoms with Crippen LogP contribution in [0.4, 0.5) is 4.39 Å². The van der Waals surface area contributed by atoms with E-state index >= 15 is 4.39 Å². The maximum Gasteiger partial charge on any atom is 0.328 e. The number of esters is 2. The fourth-order valence-electron chi connectivity index (χ4n) is 6.86. The number of nitrogens with one attached hydrogen (secondary N) is 2. The molecule has 4 heterocycles. The average molecular weight is 755 g/mol. The highest BCUT2D eigenvalue weighted by Gasteiger charge is 2.38. The minimum atomic E-state index is -1.01. The zero-order valence-electron chi connectivity index (χ0n) is 28.9. The van der Waals surface area contributed by atoms with Crippen molar-refractivity contribution >= 4 is 35.1 Å². The van der Waals surface area contributed by atoms with Crippen LogP contribution in [0.3, 0.4) is 0 Å². The van der Waals surface area contributed by atoms with E-state index in [9.17, 15) is 9.59 Å². The first-order valence-electron chi connectivity index (χ1n) is 17.0. The lowest BCUT2D eigenvalue weighted by molar-refractivity contribution is -0.377. The Morgan fingerprint density at radius 3 is 2.33 bits per heavy atom. The molecular formula is C39H42Cl2FN3O7. The van der Waals surface area contributed by atoms with Crippen LogP contribution in [0.1, 0.15) is 52.8 Å². The van der Waals surface area contributed by atoms with Crippen LogP contribution in [0, 0.1) is 11.7 Å². The molecule has 3 saturated heterocycles. The first-order chi connectivity index (χ1) is 24.7. The third-order valence-corrected chi connectivity index (χ3v) is 10.3. The predicted octanol–water partition coefficient (Wildman–Crippen LogP) is 6.33. The lowest BCUT2D eigenvalue weighted by Crippen LogP contribution is -2.52. The zero-order chi connectivity index (χ0) is 35.9. The van der Waals surface area contributed by atoms with Crippen molar-refractivity contribution in [2.45, 2.75) is 50.5 Å². The summed E-state index contributed by atoms with van der Waals surface area (Å²) < 4.78 is 38.0. The summed E-state index contributed by atoms with van der Waals surface area (Å²) in [5.41, 5.74) is 3.01. The standard InChI is InChI=1S/C39H40Cl2FN3O6.H2O/c1-48-33-11-10-27(18-35(33)49-2)34(19-29-30(40)21-43-22-31(29)41)50-37(46)17-24-6-5-7-25(16-24)20-44-38(28-8-3-4-9-32(28)42)39(47)51-36-23-45-14-12-26(36)13-15-45;/h3-11,16,18,21-22,26,34,36,38,44H,12-15,17,19-20,23H2,1-2H3;1H2/t34-,36-,38?;/m0./s1. The van der Waals surface area contributed by atoms with Crippen molar-refractivity contribution < 1.29 is 43.4 Å². The Labute approximate surface area is 312 Å². The molecule has 1 unspecified atom stereocenters. The van der Waals surface area contributed by atoms with Gasteiger partial charge in [-0.2, -0.15) is 0 Å². The summed E-state index contributed by atoms with van der Waals surface area (Å²) in [4.78, 5) is 32.3. The Hall–Kier alpha value is -4.26. The van der Waals surface area contributed by atoms with Gasteiger partial charge in [0.25, 0.3) is 0 Å². The molecule has 0 aliphatic carbocycles. The fourth-order valence-corrected chi connectivity index (χ4v) is 7.40. The summed E-state index contributed by atoms with van der Waals surface area (Å²) in [5, 5.41) is 4.04. The van der Waals surface area contributed by atoms with Gasteiger partial charge in [-0.25, -0.2) is 14.2 Å². The normalized spacial score (nSPS) is 18.8. The molecule has 3 aromatic carbocycles. The molecule has 3 atom stereocenters. The van der Waals surface area contributed by atoms with Crippen LogP contribution in [0.25, 0.3) is 0 Å². The second-order valence-electron chi connectivity index (χ2n) is 12.9. The number of pyridine rings is 1. The lowest BCUT2D eigenvalue weighted by atomic mass is 9.86. The third-order valence-electron chi connectivity index (χ3n) is 9.61. The minimum absolute atomic E-state index is 0. The molecule has 13 heteroatoms. The van der Waals surface area contributed by atoms with Crippen molar-refractivity contribution in [2.75, 3.05) is 33.9 Å².